The van der Waals surface area contributed by atoms with Crippen LogP contribution in [0.5, 0.6) is 0 Å². The maximum atomic E-state index is 4.55. The van der Waals surface area contributed by atoms with Gasteiger partial charge in [0, 0.05) is 6.54 Å². The lowest BCUT2D eigenvalue weighted by atomic mass is 10.2. The van der Waals surface area contributed by atoms with Crippen molar-refractivity contribution in [3.05, 3.63) is 11.8 Å². The third-order valence-electron chi connectivity index (χ3n) is 3.97. The SMILES string of the molecule is CC=C[Si](CC)(CC)CCC=NCCCCCC. The van der Waals surface area contributed by atoms with Gasteiger partial charge in [-0.1, -0.05) is 63.9 Å². The Hall–Kier alpha value is -0.373. The lowest BCUT2D eigenvalue weighted by molar-refractivity contribution is 0.675. The van der Waals surface area contributed by atoms with Gasteiger partial charge in [0.25, 0.3) is 0 Å². The molecule has 18 heavy (non-hydrogen) atoms. The van der Waals surface area contributed by atoms with Crippen LogP contribution in [0.4, 0.5) is 0 Å². The van der Waals surface area contributed by atoms with E-state index in [1.165, 1.54) is 50.2 Å². The van der Waals surface area contributed by atoms with Crippen LogP contribution >= 0.6 is 0 Å². The van der Waals surface area contributed by atoms with Crippen molar-refractivity contribution in [2.24, 2.45) is 4.99 Å². The minimum Gasteiger partial charge on any atom is -0.298 e. The highest BCUT2D eigenvalue weighted by atomic mass is 28.3. The molecule has 0 bridgehead atoms. The zero-order chi connectivity index (χ0) is 13.7. The summed E-state index contributed by atoms with van der Waals surface area (Å²) >= 11 is 0. The van der Waals surface area contributed by atoms with E-state index in [1.54, 1.807) is 0 Å². The monoisotopic (exact) mass is 267 g/mol. The number of rotatable bonds is 11. The Kier molecular flexibility index (Phi) is 11.5. The van der Waals surface area contributed by atoms with E-state index < -0.39 is 8.07 Å². The molecule has 0 radical (unpaired) electrons. The molecule has 0 saturated carbocycles. The number of allylic oxidation sites excluding steroid dienone is 1. The summed E-state index contributed by atoms with van der Waals surface area (Å²) in [7, 11) is -1.10. The van der Waals surface area contributed by atoms with Gasteiger partial charge >= 0.3 is 0 Å². The first-order valence-corrected chi connectivity index (χ1v) is 10.6. The van der Waals surface area contributed by atoms with E-state index in [0.29, 0.717) is 0 Å². The predicted octanol–water partition coefficient (Wildman–Crippen LogP) is 5.63. The molecule has 0 spiro atoms. The van der Waals surface area contributed by atoms with E-state index in [2.05, 4.69) is 50.7 Å². The topological polar surface area (TPSA) is 12.4 Å². The van der Waals surface area contributed by atoms with Gasteiger partial charge in [-0.15, -0.1) is 0 Å². The molecule has 0 N–H and O–H groups in total. The van der Waals surface area contributed by atoms with Crippen LogP contribution in [-0.2, 0) is 0 Å². The van der Waals surface area contributed by atoms with Crippen molar-refractivity contribution in [2.75, 3.05) is 6.54 Å². The molecule has 0 fully saturated rings. The quantitative estimate of drug-likeness (QED) is 0.261. The second kappa shape index (κ2) is 11.7. The molecule has 0 heterocycles. The summed E-state index contributed by atoms with van der Waals surface area (Å²) < 4.78 is 0. The van der Waals surface area contributed by atoms with E-state index >= 15 is 0 Å². The molecule has 0 aromatic heterocycles. The van der Waals surface area contributed by atoms with Crippen LogP contribution in [-0.4, -0.2) is 20.8 Å². The van der Waals surface area contributed by atoms with Gasteiger partial charge in [-0.05, 0) is 32.0 Å². The highest BCUT2D eigenvalue weighted by molar-refractivity contribution is 6.84. The maximum Gasteiger partial charge on any atom is 0.0772 e. The van der Waals surface area contributed by atoms with Crippen molar-refractivity contribution in [1.82, 2.24) is 0 Å². The van der Waals surface area contributed by atoms with Gasteiger partial charge in [0.1, 0.15) is 0 Å². The maximum absolute atomic E-state index is 4.55. The molecule has 106 valence electrons. The Morgan fingerprint density at radius 2 is 1.72 bits per heavy atom. The molecule has 2 heteroatoms. The van der Waals surface area contributed by atoms with E-state index in [0.717, 1.165) is 6.54 Å². The molecule has 0 aromatic carbocycles. The predicted molar refractivity (Wildman–Crippen MR) is 88.5 cm³/mol. The van der Waals surface area contributed by atoms with E-state index in [4.69, 9.17) is 0 Å². The number of unbranched alkanes of at least 4 members (excludes halogenated alkanes) is 3. The van der Waals surface area contributed by atoms with Gasteiger partial charge in [-0.25, -0.2) is 0 Å². The molecule has 1 nitrogen and oxygen atoms in total. The van der Waals surface area contributed by atoms with Gasteiger partial charge in [-0.3, -0.25) is 4.99 Å². The molecule has 0 aliphatic rings. The highest BCUT2D eigenvalue weighted by Gasteiger charge is 2.23. The molecule has 0 aromatic rings. The third kappa shape index (κ3) is 7.86. The van der Waals surface area contributed by atoms with Crippen LogP contribution in [0.1, 0.15) is 59.8 Å². The largest absolute Gasteiger partial charge is 0.298 e. The second-order valence-electron chi connectivity index (χ2n) is 5.26. The molecule has 0 saturated heterocycles. The normalized spacial score (nSPS) is 12.9. The lowest BCUT2D eigenvalue weighted by Crippen LogP contribution is -2.29. The molecular weight excluding hydrogens is 234 g/mol. The smallest absolute Gasteiger partial charge is 0.0772 e. The van der Waals surface area contributed by atoms with Crippen molar-refractivity contribution in [2.45, 2.75) is 77.9 Å². The van der Waals surface area contributed by atoms with E-state index in [-0.39, 0.29) is 0 Å². The Labute approximate surface area is 116 Å². The number of aliphatic imine (C=N–C) groups is 1. The van der Waals surface area contributed by atoms with E-state index in [9.17, 15) is 0 Å². The summed E-state index contributed by atoms with van der Waals surface area (Å²) in [5, 5.41) is 0. The van der Waals surface area contributed by atoms with Crippen LogP contribution in [0, 0.1) is 0 Å². The highest BCUT2D eigenvalue weighted by Crippen LogP contribution is 2.23. The lowest BCUT2D eigenvalue weighted by Gasteiger charge is -2.24. The first kappa shape index (κ1) is 17.6. The third-order valence-corrected chi connectivity index (χ3v) is 9.11. The summed E-state index contributed by atoms with van der Waals surface area (Å²) in [5.74, 6) is 0. The summed E-state index contributed by atoms with van der Waals surface area (Å²) in [6.07, 6.45) is 10.9. The van der Waals surface area contributed by atoms with Gasteiger partial charge in [0.05, 0.1) is 8.07 Å². The molecule has 0 amide bonds. The Balaban J connectivity index is 3.82. The average Bonchev–Trinajstić information content (AvgIpc) is 2.40. The van der Waals surface area contributed by atoms with Crippen molar-refractivity contribution in [3.8, 4) is 0 Å². The van der Waals surface area contributed by atoms with Crippen molar-refractivity contribution in [3.63, 3.8) is 0 Å². The van der Waals surface area contributed by atoms with Crippen molar-refractivity contribution in [1.29, 1.82) is 0 Å². The summed E-state index contributed by atoms with van der Waals surface area (Å²) in [6, 6.07) is 4.12. The summed E-state index contributed by atoms with van der Waals surface area (Å²) in [5.41, 5.74) is 2.53. The second-order valence-corrected chi connectivity index (χ2v) is 10.2. The Morgan fingerprint density at radius 1 is 1.00 bits per heavy atom. The van der Waals surface area contributed by atoms with Crippen LogP contribution in [0.25, 0.3) is 0 Å². The molecule has 0 aliphatic carbocycles. The fourth-order valence-corrected chi connectivity index (χ4v) is 5.70. The molecule has 0 unspecified atom stereocenters. The van der Waals surface area contributed by atoms with Gasteiger partial charge in [0.2, 0.25) is 0 Å². The molecule has 0 aliphatic heterocycles. The van der Waals surface area contributed by atoms with Crippen LogP contribution in [0.15, 0.2) is 16.8 Å². The Bertz CT molecular complexity index is 229. The summed E-state index contributed by atoms with van der Waals surface area (Å²) in [4.78, 5) is 4.55. The zero-order valence-electron chi connectivity index (χ0n) is 13.0. The standard InChI is InChI=1S/C16H33NSi/c1-5-9-10-11-13-17-14-12-16-18(7-3,8-4)15-6-2/h6,14-15H,5,7-13,16H2,1-4H3. The van der Waals surface area contributed by atoms with Gasteiger partial charge < -0.3 is 0 Å². The minimum absolute atomic E-state index is 1.04. The summed E-state index contributed by atoms with van der Waals surface area (Å²) in [6.45, 7) is 10.2. The first-order valence-electron chi connectivity index (χ1n) is 7.86. The van der Waals surface area contributed by atoms with Gasteiger partial charge in [-0.2, -0.15) is 0 Å². The molecular formula is C16H33NSi. The van der Waals surface area contributed by atoms with Crippen LogP contribution in [0.2, 0.25) is 18.1 Å². The fraction of sp³-hybridized carbons (Fsp3) is 0.812. The minimum atomic E-state index is -1.10. The van der Waals surface area contributed by atoms with Crippen LogP contribution in [0.3, 0.4) is 0 Å². The average molecular weight is 268 g/mol. The van der Waals surface area contributed by atoms with E-state index in [1.807, 2.05) is 0 Å². The first-order chi connectivity index (χ1) is 8.74. The molecule has 0 rings (SSSR count). The number of hydrogen-bond acceptors (Lipinski definition) is 1. The van der Waals surface area contributed by atoms with Crippen molar-refractivity contribution >= 4 is 14.3 Å². The zero-order valence-corrected chi connectivity index (χ0v) is 14.0. The van der Waals surface area contributed by atoms with Crippen LogP contribution < -0.4 is 0 Å². The number of hydrogen-bond donors (Lipinski definition) is 0. The fourth-order valence-electron chi connectivity index (χ4n) is 2.44. The van der Waals surface area contributed by atoms with Crippen molar-refractivity contribution < 1.29 is 0 Å². The Morgan fingerprint density at radius 3 is 2.28 bits per heavy atom. The number of nitrogens with zero attached hydrogens (tertiary/aromatic N) is 1. The van der Waals surface area contributed by atoms with Gasteiger partial charge in [0.15, 0.2) is 0 Å². The molecule has 0 atom stereocenters.